The third kappa shape index (κ3) is 3.99. The van der Waals surface area contributed by atoms with Crippen molar-refractivity contribution in [3.05, 3.63) is 0 Å². The molecule has 4 saturated carbocycles. The Bertz CT molecular complexity index is 847. The summed E-state index contributed by atoms with van der Waals surface area (Å²) >= 11 is 0. The van der Waals surface area contributed by atoms with Gasteiger partial charge in [0.15, 0.2) is 12.4 Å². The van der Waals surface area contributed by atoms with E-state index in [4.69, 9.17) is 9.47 Å². The molecule has 0 spiro atoms. The predicted molar refractivity (Wildman–Crippen MR) is 125 cm³/mol. The van der Waals surface area contributed by atoms with Crippen molar-refractivity contribution in [1.82, 2.24) is 0 Å². The lowest BCUT2D eigenvalue weighted by molar-refractivity contribution is -0.309. The molecule has 0 unspecified atom stereocenters. The van der Waals surface area contributed by atoms with Crippen LogP contribution in [0.3, 0.4) is 0 Å². The fraction of sp³-hybridized carbons (Fsp3) is 0.926. The van der Waals surface area contributed by atoms with Crippen LogP contribution in [0, 0.1) is 40.4 Å². The summed E-state index contributed by atoms with van der Waals surface area (Å²) in [5.41, 5.74) is 0.362. The Labute approximate surface area is 207 Å². The fourth-order valence-electron chi connectivity index (χ4n) is 9.36. The highest BCUT2D eigenvalue weighted by atomic mass is 16.7. The van der Waals surface area contributed by atoms with Gasteiger partial charge < -0.3 is 29.9 Å². The second-order valence-corrected chi connectivity index (χ2v) is 12.7. The van der Waals surface area contributed by atoms with E-state index in [9.17, 15) is 30.0 Å². The Kier molecular flexibility index (Phi) is 6.61. The van der Waals surface area contributed by atoms with Crippen molar-refractivity contribution in [3.8, 4) is 0 Å². The van der Waals surface area contributed by atoms with Gasteiger partial charge >= 0.3 is 5.97 Å². The van der Waals surface area contributed by atoms with Crippen molar-refractivity contribution in [3.63, 3.8) is 0 Å². The standard InChI is InChI=1S/C27H42O8/c1-13(28)17-6-7-18-16-5-4-14-12-15(8-10-26(14,2)19(16)9-11-27(17,18)3)34-25-22(31)20(29)21(30)23(35-25)24(32)33/h14-23,25,29-31H,4-12H2,1-3H3,(H,32,33)/t14-,15-,16-,17+,18-,19-,20-,21-,22+,23-,25+,26-,27+/m0/s1. The van der Waals surface area contributed by atoms with Gasteiger partial charge in [0, 0.05) is 5.92 Å². The molecule has 5 rings (SSSR count). The second-order valence-electron chi connectivity index (χ2n) is 12.7. The zero-order valence-corrected chi connectivity index (χ0v) is 21.1. The van der Waals surface area contributed by atoms with E-state index >= 15 is 0 Å². The molecule has 8 nitrogen and oxygen atoms in total. The van der Waals surface area contributed by atoms with Crippen molar-refractivity contribution in [1.29, 1.82) is 0 Å². The minimum absolute atomic E-state index is 0.150. The molecule has 8 heteroatoms. The molecule has 1 heterocycles. The van der Waals surface area contributed by atoms with E-state index in [1.807, 2.05) is 0 Å². The number of carboxylic acid groups (broad SMARTS) is 1. The molecule has 1 aliphatic heterocycles. The number of aliphatic carboxylic acids is 1. The number of ketones is 1. The summed E-state index contributed by atoms with van der Waals surface area (Å²) in [7, 11) is 0. The summed E-state index contributed by atoms with van der Waals surface area (Å²) in [6.45, 7) is 6.59. The number of rotatable bonds is 4. The summed E-state index contributed by atoms with van der Waals surface area (Å²) in [5.74, 6) is 1.62. The van der Waals surface area contributed by atoms with Crippen LogP contribution in [0.4, 0.5) is 0 Å². The van der Waals surface area contributed by atoms with Gasteiger partial charge in [-0.15, -0.1) is 0 Å². The molecule has 5 aliphatic rings. The minimum Gasteiger partial charge on any atom is -0.479 e. The number of fused-ring (bicyclic) bond motifs is 5. The highest BCUT2D eigenvalue weighted by Crippen LogP contribution is 2.67. The third-order valence-corrected chi connectivity index (χ3v) is 11.2. The van der Waals surface area contributed by atoms with Crippen LogP contribution in [-0.2, 0) is 19.1 Å². The van der Waals surface area contributed by atoms with Crippen molar-refractivity contribution in [2.24, 2.45) is 40.4 Å². The number of carboxylic acids is 1. The van der Waals surface area contributed by atoms with Crippen molar-refractivity contribution < 1.29 is 39.5 Å². The van der Waals surface area contributed by atoms with Crippen LogP contribution in [0.25, 0.3) is 0 Å². The van der Waals surface area contributed by atoms with Crippen LogP contribution in [0.15, 0.2) is 0 Å². The van der Waals surface area contributed by atoms with Crippen LogP contribution in [0.2, 0.25) is 0 Å². The molecule has 0 amide bonds. The number of aliphatic hydroxyl groups excluding tert-OH is 3. The lowest BCUT2D eigenvalue weighted by atomic mass is 9.44. The molecule has 0 bridgehead atoms. The van der Waals surface area contributed by atoms with Gasteiger partial charge in [-0.2, -0.15) is 0 Å². The molecule has 5 fully saturated rings. The first-order chi connectivity index (χ1) is 16.5. The zero-order valence-electron chi connectivity index (χ0n) is 21.1. The van der Waals surface area contributed by atoms with Gasteiger partial charge in [0.25, 0.3) is 0 Å². The van der Waals surface area contributed by atoms with E-state index in [-0.39, 0.29) is 22.9 Å². The van der Waals surface area contributed by atoms with Crippen molar-refractivity contribution >= 4 is 11.8 Å². The number of carbonyl (C=O) groups excluding carboxylic acids is 1. The molecular formula is C27H42O8. The average molecular weight is 495 g/mol. The molecular weight excluding hydrogens is 452 g/mol. The first-order valence-electron chi connectivity index (χ1n) is 13.6. The quantitative estimate of drug-likeness (QED) is 0.438. The van der Waals surface area contributed by atoms with Crippen LogP contribution in [0.1, 0.15) is 78.6 Å². The molecule has 35 heavy (non-hydrogen) atoms. The Balaban J connectivity index is 1.26. The SMILES string of the molecule is CC(=O)[C@H]1CC[C@H]2[C@@H]3CC[C@H]4C[C@@H](O[C@@H]5O[C@H](C(=O)O)[C@@H](O)[C@H](O)[C@H]5O)CC[C@]4(C)[C@H]3CC[C@]12C. The second kappa shape index (κ2) is 9.05. The van der Waals surface area contributed by atoms with E-state index in [1.165, 1.54) is 19.3 Å². The minimum atomic E-state index is -1.71. The Morgan fingerprint density at radius 3 is 2.23 bits per heavy atom. The summed E-state index contributed by atoms with van der Waals surface area (Å²) < 4.78 is 11.4. The number of hydrogen-bond donors (Lipinski definition) is 4. The average Bonchev–Trinajstić information content (AvgIpc) is 3.17. The molecule has 198 valence electrons. The normalized spacial score (nSPS) is 53.8. The molecule has 13 atom stereocenters. The molecule has 0 aromatic rings. The molecule has 0 radical (unpaired) electrons. The first-order valence-corrected chi connectivity index (χ1v) is 13.6. The molecule has 1 saturated heterocycles. The Morgan fingerprint density at radius 2 is 1.54 bits per heavy atom. The fourth-order valence-corrected chi connectivity index (χ4v) is 9.36. The van der Waals surface area contributed by atoms with Gasteiger partial charge in [0.05, 0.1) is 6.10 Å². The highest BCUT2D eigenvalue weighted by Gasteiger charge is 2.61. The molecule has 0 aromatic carbocycles. The Morgan fingerprint density at radius 1 is 0.857 bits per heavy atom. The smallest absolute Gasteiger partial charge is 0.335 e. The van der Waals surface area contributed by atoms with Gasteiger partial charge in [0.1, 0.15) is 24.1 Å². The van der Waals surface area contributed by atoms with Gasteiger partial charge in [-0.25, -0.2) is 4.79 Å². The summed E-state index contributed by atoms with van der Waals surface area (Å²) in [4.78, 5) is 23.8. The third-order valence-electron chi connectivity index (χ3n) is 11.2. The maximum absolute atomic E-state index is 12.4. The lowest BCUT2D eigenvalue weighted by Crippen LogP contribution is -2.61. The first kappa shape index (κ1) is 25.6. The van der Waals surface area contributed by atoms with Gasteiger partial charge in [-0.05, 0) is 99.2 Å². The number of ether oxygens (including phenoxy) is 2. The van der Waals surface area contributed by atoms with Crippen LogP contribution < -0.4 is 0 Å². The van der Waals surface area contributed by atoms with Crippen LogP contribution >= 0.6 is 0 Å². The van der Waals surface area contributed by atoms with E-state index in [1.54, 1.807) is 6.92 Å². The topological polar surface area (TPSA) is 134 Å². The van der Waals surface area contributed by atoms with Crippen molar-refractivity contribution in [2.45, 2.75) is 115 Å². The monoisotopic (exact) mass is 494 g/mol. The number of hydrogen-bond acceptors (Lipinski definition) is 7. The summed E-state index contributed by atoms with van der Waals surface area (Å²) in [5, 5.41) is 39.7. The van der Waals surface area contributed by atoms with E-state index in [2.05, 4.69) is 13.8 Å². The maximum atomic E-state index is 12.4. The largest absolute Gasteiger partial charge is 0.479 e. The summed E-state index contributed by atoms with van der Waals surface area (Å²) in [6, 6.07) is 0. The maximum Gasteiger partial charge on any atom is 0.335 e. The van der Waals surface area contributed by atoms with E-state index in [0.29, 0.717) is 29.5 Å². The van der Waals surface area contributed by atoms with Crippen LogP contribution in [-0.4, -0.2) is 69.0 Å². The van der Waals surface area contributed by atoms with E-state index < -0.39 is 36.7 Å². The van der Waals surface area contributed by atoms with Crippen LogP contribution in [0.5, 0.6) is 0 Å². The number of carbonyl (C=O) groups is 2. The Hall–Kier alpha value is -1.06. The number of aliphatic hydroxyl groups is 3. The molecule has 4 N–H and O–H groups in total. The molecule has 4 aliphatic carbocycles. The predicted octanol–water partition coefficient (Wildman–Crippen LogP) is 2.51. The lowest BCUT2D eigenvalue weighted by Gasteiger charge is -2.61. The van der Waals surface area contributed by atoms with Gasteiger partial charge in [-0.1, -0.05) is 13.8 Å². The highest BCUT2D eigenvalue weighted by molar-refractivity contribution is 5.79. The summed E-state index contributed by atoms with van der Waals surface area (Å²) in [6.07, 6.45) is 1.46. The van der Waals surface area contributed by atoms with Crippen molar-refractivity contribution in [2.75, 3.05) is 0 Å². The zero-order chi connectivity index (χ0) is 25.3. The van der Waals surface area contributed by atoms with Gasteiger partial charge in [0.2, 0.25) is 0 Å². The van der Waals surface area contributed by atoms with Gasteiger partial charge in [-0.3, -0.25) is 4.79 Å². The molecule has 0 aromatic heterocycles. The number of Topliss-reactive ketones (excluding diaryl/α,β-unsaturated/α-hetero) is 1. The van der Waals surface area contributed by atoms with E-state index in [0.717, 1.165) is 38.5 Å².